The van der Waals surface area contributed by atoms with Crippen molar-refractivity contribution in [3.8, 4) is 11.1 Å². The molecule has 0 spiro atoms. The first-order valence-electron chi connectivity index (χ1n) is 20.3. The minimum atomic E-state index is 1.05. The molecule has 0 fully saturated rings. The van der Waals surface area contributed by atoms with Crippen LogP contribution >= 0.6 is 0 Å². The SMILES string of the molecule is Cc1ccc(N(C=C(c2ccccc2)c2ccccc2)c2ccc(-c3ccc(N(/C=C(/C4=CCCC=C4)c4ccccc4)c4ccc(C)cc4C)cc3)cc2)c(C)c1. The highest BCUT2D eigenvalue weighted by Crippen LogP contribution is 2.38. The second-order valence-corrected chi connectivity index (χ2v) is 15.2. The lowest BCUT2D eigenvalue weighted by Crippen LogP contribution is -2.12. The molecule has 0 atom stereocenters. The Labute approximate surface area is 345 Å². The van der Waals surface area contributed by atoms with Crippen LogP contribution in [0, 0.1) is 27.7 Å². The summed E-state index contributed by atoms with van der Waals surface area (Å²) < 4.78 is 0. The van der Waals surface area contributed by atoms with Gasteiger partial charge in [0, 0.05) is 46.3 Å². The number of anilines is 4. The van der Waals surface area contributed by atoms with Crippen LogP contribution in [0.25, 0.3) is 22.3 Å². The Balaban J connectivity index is 1.17. The van der Waals surface area contributed by atoms with E-state index >= 15 is 0 Å². The maximum absolute atomic E-state index is 2.37. The number of nitrogens with zero attached hydrogens (tertiary/aromatic N) is 2. The first kappa shape index (κ1) is 38.0. The highest BCUT2D eigenvalue weighted by molar-refractivity contribution is 5.87. The highest BCUT2D eigenvalue weighted by Gasteiger charge is 2.17. The quantitative estimate of drug-likeness (QED) is 0.130. The lowest BCUT2D eigenvalue weighted by molar-refractivity contribution is 1.03. The molecule has 0 aromatic heterocycles. The molecule has 0 bridgehead atoms. The molecule has 8 rings (SSSR count). The predicted octanol–water partition coefficient (Wildman–Crippen LogP) is 15.3. The van der Waals surface area contributed by atoms with Gasteiger partial charge in [-0.2, -0.15) is 0 Å². The van der Waals surface area contributed by atoms with Crippen LogP contribution in [0.2, 0.25) is 0 Å². The number of allylic oxidation sites excluding steroid dienone is 5. The second-order valence-electron chi connectivity index (χ2n) is 15.2. The second kappa shape index (κ2) is 17.5. The number of rotatable bonds is 11. The summed E-state index contributed by atoms with van der Waals surface area (Å²) in [6.07, 6.45) is 13.7. The molecule has 0 amide bonds. The molecular weight excluding hydrogens is 701 g/mol. The smallest absolute Gasteiger partial charge is 0.0485 e. The van der Waals surface area contributed by atoms with E-state index in [1.54, 1.807) is 0 Å². The summed E-state index contributed by atoms with van der Waals surface area (Å²) in [5.41, 5.74) is 19.0. The van der Waals surface area contributed by atoms with Crippen molar-refractivity contribution in [3.63, 3.8) is 0 Å². The Hall–Kier alpha value is -6.90. The highest BCUT2D eigenvalue weighted by atomic mass is 15.1. The van der Waals surface area contributed by atoms with Crippen molar-refractivity contribution in [2.45, 2.75) is 40.5 Å². The summed E-state index contributed by atoms with van der Waals surface area (Å²) >= 11 is 0. The fourth-order valence-electron chi connectivity index (χ4n) is 7.90. The van der Waals surface area contributed by atoms with Crippen molar-refractivity contribution >= 4 is 33.9 Å². The van der Waals surface area contributed by atoms with Gasteiger partial charge >= 0.3 is 0 Å². The van der Waals surface area contributed by atoms with Crippen LogP contribution in [0.4, 0.5) is 22.7 Å². The molecule has 0 heterocycles. The Morgan fingerprint density at radius 1 is 0.431 bits per heavy atom. The summed E-state index contributed by atoms with van der Waals surface area (Å²) in [4.78, 5) is 4.70. The van der Waals surface area contributed by atoms with Gasteiger partial charge in [-0.3, -0.25) is 0 Å². The third-order valence-corrected chi connectivity index (χ3v) is 10.9. The summed E-state index contributed by atoms with van der Waals surface area (Å²) in [6.45, 7) is 8.72. The summed E-state index contributed by atoms with van der Waals surface area (Å²) in [6, 6.07) is 63.5. The Morgan fingerprint density at radius 3 is 1.24 bits per heavy atom. The van der Waals surface area contributed by atoms with Gasteiger partial charge in [0.15, 0.2) is 0 Å². The van der Waals surface area contributed by atoms with Gasteiger partial charge in [0.25, 0.3) is 0 Å². The van der Waals surface area contributed by atoms with Crippen molar-refractivity contribution in [2.75, 3.05) is 9.80 Å². The van der Waals surface area contributed by atoms with E-state index in [9.17, 15) is 0 Å². The zero-order valence-corrected chi connectivity index (χ0v) is 33.9. The van der Waals surface area contributed by atoms with Gasteiger partial charge in [0.1, 0.15) is 0 Å². The van der Waals surface area contributed by atoms with E-state index in [0.717, 1.165) is 35.5 Å². The fourth-order valence-corrected chi connectivity index (χ4v) is 7.90. The van der Waals surface area contributed by atoms with Gasteiger partial charge in [0.2, 0.25) is 0 Å². The van der Waals surface area contributed by atoms with Gasteiger partial charge < -0.3 is 9.80 Å². The van der Waals surface area contributed by atoms with Crippen LogP contribution in [-0.2, 0) is 0 Å². The minimum Gasteiger partial charge on any atom is -0.316 e. The van der Waals surface area contributed by atoms with Crippen molar-refractivity contribution in [3.05, 3.63) is 251 Å². The summed E-state index contributed by atoms with van der Waals surface area (Å²) in [5, 5.41) is 0. The molecule has 0 radical (unpaired) electrons. The van der Waals surface area contributed by atoms with Gasteiger partial charge in [-0.05, 0) is 121 Å². The first-order chi connectivity index (χ1) is 28.4. The number of hydrogen-bond acceptors (Lipinski definition) is 2. The number of benzene rings is 7. The molecule has 2 nitrogen and oxygen atoms in total. The van der Waals surface area contributed by atoms with Crippen LogP contribution in [0.5, 0.6) is 0 Å². The van der Waals surface area contributed by atoms with E-state index < -0.39 is 0 Å². The number of hydrogen-bond donors (Lipinski definition) is 0. The molecule has 1 aliphatic carbocycles. The van der Waals surface area contributed by atoms with Crippen LogP contribution in [-0.4, -0.2) is 0 Å². The van der Waals surface area contributed by atoms with Crippen molar-refractivity contribution < 1.29 is 0 Å². The first-order valence-corrected chi connectivity index (χ1v) is 20.3. The van der Waals surface area contributed by atoms with Crippen molar-refractivity contribution in [2.24, 2.45) is 0 Å². The molecule has 2 heteroatoms. The molecule has 0 saturated heterocycles. The Morgan fingerprint density at radius 2 is 0.845 bits per heavy atom. The standard InChI is InChI=1S/C56H50N2/c1-41-25-35-55(43(3)37-41)57(39-53(47-17-9-5-10-18-47)48-19-11-6-12-20-48)51-31-27-45(28-32-51)46-29-33-52(34-30-46)58(56-36-26-42(2)38-44(56)4)40-54(49-21-13-7-14-22-49)50-23-15-8-16-24-50/h5-7,9-15,17-40H,8,16H2,1-4H3/b54-40+. The molecule has 58 heavy (non-hydrogen) atoms. The molecule has 1 aliphatic rings. The third-order valence-electron chi connectivity index (χ3n) is 10.9. The molecule has 7 aromatic carbocycles. The van der Waals surface area contributed by atoms with Gasteiger partial charge in [0.05, 0.1) is 0 Å². The van der Waals surface area contributed by atoms with E-state index in [-0.39, 0.29) is 0 Å². The molecule has 7 aromatic rings. The van der Waals surface area contributed by atoms with E-state index in [2.05, 4.69) is 244 Å². The molecular formula is C56H50N2. The monoisotopic (exact) mass is 750 g/mol. The van der Waals surface area contributed by atoms with Crippen molar-refractivity contribution in [1.29, 1.82) is 0 Å². The third kappa shape index (κ3) is 8.57. The largest absolute Gasteiger partial charge is 0.316 e. The van der Waals surface area contributed by atoms with Gasteiger partial charge in [-0.25, -0.2) is 0 Å². The molecule has 0 saturated carbocycles. The maximum Gasteiger partial charge on any atom is 0.0485 e. The molecule has 0 aliphatic heterocycles. The van der Waals surface area contributed by atoms with Crippen LogP contribution < -0.4 is 9.80 Å². The topological polar surface area (TPSA) is 6.48 Å². The van der Waals surface area contributed by atoms with E-state index in [1.807, 2.05) is 0 Å². The molecule has 0 N–H and O–H groups in total. The fraction of sp³-hybridized carbons (Fsp3) is 0.107. The van der Waals surface area contributed by atoms with Crippen LogP contribution in [0.1, 0.15) is 51.8 Å². The Kier molecular flexibility index (Phi) is 11.5. The minimum absolute atomic E-state index is 1.05. The van der Waals surface area contributed by atoms with Crippen LogP contribution in [0.3, 0.4) is 0 Å². The Bertz CT molecular complexity index is 2570. The molecule has 284 valence electrons. The zero-order chi connectivity index (χ0) is 39.8. The lowest BCUT2D eigenvalue weighted by Gasteiger charge is -2.26. The summed E-state index contributed by atoms with van der Waals surface area (Å²) in [7, 11) is 0. The average Bonchev–Trinajstić information content (AvgIpc) is 3.27. The zero-order valence-electron chi connectivity index (χ0n) is 33.9. The van der Waals surface area contributed by atoms with Gasteiger partial charge in [-0.15, -0.1) is 0 Å². The van der Waals surface area contributed by atoms with E-state index in [1.165, 1.54) is 66.9 Å². The van der Waals surface area contributed by atoms with Crippen molar-refractivity contribution in [1.82, 2.24) is 0 Å². The number of aryl methyl sites for hydroxylation is 4. The lowest BCUT2D eigenvalue weighted by atomic mass is 9.94. The maximum atomic E-state index is 2.37. The normalized spacial score (nSPS) is 12.5. The van der Waals surface area contributed by atoms with Crippen LogP contribution in [0.15, 0.2) is 212 Å². The molecule has 0 unspecified atom stereocenters. The average molecular weight is 751 g/mol. The van der Waals surface area contributed by atoms with E-state index in [4.69, 9.17) is 0 Å². The predicted molar refractivity (Wildman–Crippen MR) is 249 cm³/mol. The van der Waals surface area contributed by atoms with Gasteiger partial charge in [-0.1, -0.05) is 169 Å². The van der Waals surface area contributed by atoms with E-state index in [0.29, 0.717) is 0 Å². The summed E-state index contributed by atoms with van der Waals surface area (Å²) in [5.74, 6) is 0.